The van der Waals surface area contributed by atoms with Gasteiger partial charge in [-0.3, -0.25) is 14.5 Å². The quantitative estimate of drug-likeness (QED) is 0.176. The molecule has 0 amide bonds. The number of rotatable bonds is 3. The molecule has 5 heterocycles. The van der Waals surface area contributed by atoms with E-state index in [1.54, 1.807) is 0 Å². The maximum Gasteiger partial charge on any atom is 0.206 e. The van der Waals surface area contributed by atoms with Gasteiger partial charge < -0.3 is 15.1 Å². The fourth-order valence-electron chi connectivity index (χ4n) is 8.13. The Hall–Kier alpha value is -6.57. The fourth-order valence-corrected chi connectivity index (χ4v) is 8.13. The van der Waals surface area contributed by atoms with Gasteiger partial charge in [-0.1, -0.05) is 121 Å². The van der Waals surface area contributed by atoms with Crippen LogP contribution in [-0.4, -0.2) is 21.6 Å². The first-order valence-corrected chi connectivity index (χ1v) is 17.4. The summed E-state index contributed by atoms with van der Waals surface area (Å²) in [5.74, 6) is 1.88. The van der Waals surface area contributed by atoms with E-state index in [0.717, 1.165) is 73.6 Å². The molecule has 9 aromatic rings. The minimum absolute atomic E-state index is 0.204. The lowest BCUT2D eigenvalue weighted by Crippen LogP contribution is -2.47. The van der Waals surface area contributed by atoms with Gasteiger partial charge in [0.15, 0.2) is 0 Å². The van der Waals surface area contributed by atoms with Crippen molar-refractivity contribution in [3.8, 4) is 5.69 Å². The molecule has 7 nitrogen and oxygen atoms in total. The molecule has 2 aliphatic heterocycles. The second-order valence-electron chi connectivity index (χ2n) is 13.3. The highest BCUT2D eigenvalue weighted by molar-refractivity contribution is 6.23. The minimum Gasteiger partial charge on any atom is -0.456 e. The number of nitrogens with zero attached hydrogens (tertiary/aromatic N) is 3. The van der Waals surface area contributed by atoms with Crippen molar-refractivity contribution in [2.45, 2.75) is 12.3 Å². The van der Waals surface area contributed by atoms with Crippen LogP contribution in [0.25, 0.3) is 66.4 Å². The molecule has 0 fully saturated rings. The van der Waals surface area contributed by atoms with E-state index in [2.05, 4.69) is 165 Å². The Morgan fingerprint density at radius 2 is 1.31 bits per heavy atom. The normalized spacial score (nSPS) is 17.2. The van der Waals surface area contributed by atoms with E-state index in [4.69, 9.17) is 9.41 Å². The highest BCUT2D eigenvalue weighted by atomic mass is 16.3. The molecule has 7 heteroatoms. The van der Waals surface area contributed by atoms with Crippen LogP contribution in [0.4, 0.5) is 5.82 Å². The fraction of sp³-hybridized carbons (Fsp3) is 0.0682. The van der Waals surface area contributed by atoms with Gasteiger partial charge in [0.25, 0.3) is 0 Å². The summed E-state index contributed by atoms with van der Waals surface area (Å²) in [6.07, 6.45) is 3.90. The summed E-state index contributed by atoms with van der Waals surface area (Å²) in [6.45, 7) is 0.776. The molecular weight excluding hydrogens is 629 g/mol. The van der Waals surface area contributed by atoms with E-state index < -0.39 is 0 Å². The van der Waals surface area contributed by atoms with Crippen molar-refractivity contribution >= 4 is 72.5 Å². The summed E-state index contributed by atoms with van der Waals surface area (Å²) in [4.78, 5) is 5.50. The monoisotopic (exact) mass is 660 g/mol. The van der Waals surface area contributed by atoms with Gasteiger partial charge in [0.2, 0.25) is 5.96 Å². The van der Waals surface area contributed by atoms with E-state index in [1.165, 1.54) is 21.7 Å². The molecule has 0 bridgehead atoms. The van der Waals surface area contributed by atoms with Crippen LogP contribution >= 0.6 is 0 Å². The summed E-state index contributed by atoms with van der Waals surface area (Å²) in [5.41, 5.74) is 9.53. The average molecular weight is 661 g/mol. The number of benzene rings is 6. The zero-order chi connectivity index (χ0) is 33.5. The SMILES string of the molecule is C1=Cc2c(n(-c3ccccc3)c3c2ccc2c4ccccc4n(C4=NC(c5ccc6c(c5)oc5ccccc56)NC(c5ccccc5)N4)c23)NC1. The van der Waals surface area contributed by atoms with Crippen molar-refractivity contribution in [3.63, 3.8) is 0 Å². The van der Waals surface area contributed by atoms with Crippen molar-refractivity contribution in [2.24, 2.45) is 4.99 Å². The Balaban J connectivity index is 1.20. The number of aromatic nitrogens is 2. The van der Waals surface area contributed by atoms with Gasteiger partial charge in [0.1, 0.15) is 29.3 Å². The molecule has 0 saturated heterocycles. The molecule has 51 heavy (non-hydrogen) atoms. The minimum atomic E-state index is -0.349. The lowest BCUT2D eigenvalue weighted by molar-refractivity contribution is 0.403. The van der Waals surface area contributed by atoms with Crippen LogP contribution in [0.2, 0.25) is 0 Å². The molecule has 0 saturated carbocycles. The first kappa shape index (κ1) is 28.3. The van der Waals surface area contributed by atoms with Gasteiger partial charge in [-0.2, -0.15) is 0 Å². The van der Waals surface area contributed by atoms with Crippen LogP contribution in [0.3, 0.4) is 0 Å². The van der Waals surface area contributed by atoms with Crippen molar-refractivity contribution in [1.82, 2.24) is 19.8 Å². The molecule has 2 aliphatic rings. The topological polar surface area (TPSA) is 71.5 Å². The molecule has 3 aromatic heterocycles. The zero-order valence-corrected chi connectivity index (χ0v) is 27.5. The van der Waals surface area contributed by atoms with Crippen LogP contribution in [0.1, 0.15) is 29.0 Å². The van der Waals surface area contributed by atoms with Crippen molar-refractivity contribution < 1.29 is 4.42 Å². The molecule has 0 aliphatic carbocycles. The molecule has 244 valence electrons. The van der Waals surface area contributed by atoms with Gasteiger partial charge in [0.05, 0.1) is 16.6 Å². The summed E-state index contributed by atoms with van der Waals surface area (Å²) >= 11 is 0. The van der Waals surface area contributed by atoms with E-state index >= 15 is 0 Å². The van der Waals surface area contributed by atoms with Gasteiger partial charge in [-0.15, -0.1) is 0 Å². The van der Waals surface area contributed by atoms with Crippen LogP contribution in [-0.2, 0) is 0 Å². The average Bonchev–Trinajstić information content (AvgIpc) is 3.86. The molecule has 0 radical (unpaired) electrons. The Kier molecular flexibility index (Phi) is 6.08. The zero-order valence-electron chi connectivity index (χ0n) is 27.5. The predicted molar refractivity (Wildman–Crippen MR) is 209 cm³/mol. The smallest absolute Gasteiger partial charge is 0.206 e. The lowest BCUT2D eigenvalue weighted by atomic mass is 10.1. The van der Waals surface area contributed by atoms with E-state index in [1.807, 2.05) is 12.1 Å². The second-order valence-corrected chi connectivity index (χ2v) is 13.3. The Morgan fingerprint density at radius 1 is 0.608 bits per heavy atom. The van der Waals surface area contributed by atoms with Crippen molar-refractivity contribution in [1.29, 1.82) is 0 Å². The standard InChI is InChI=1S/C44H32N6O/c1-3-12-27(13-4-1)41-46-42(28-21-22-32-31-17-8-10-20-37(31)51-38(32)26-28)48-44(47-41)50-36-19-9-7-16-30(36)33-23-24-34-35-18-11-25-45-43(35)49(39(34)40(33)50)29-14-5-2-6-15-29/h1-24,26,41-42,45-46H,25H2,(H,47,48). The number of hydrogen-bond donors (Lipinski definition) is 3. The maximum absolute atomic E-state index is 6.34. The van der Waals surface area contributed by atoms with Gasteiger partial charge in [0, 0.05) is 44.7 Å². The van der Waals surface area contributed by atoms with Gasteiger partial charge in [-0.05, 0) is 41.5 Å². The van der Waals surface area contributed by atoms with Gasteiger partial charge in [-0.25, -0.2) is 4.99 Å². The van der Waals surface area contributed by atoms with Gasteiger partial charge >= 0.3 is 0 Å². The van der Waals surface area contributed by atoms with Crippen LogP contribution in [0.5, 0.6) is 0 Å². The second kappa shape index (κ2) is 11.0. The van der Waals surface area contributed by atoms with Crippen molar-refractivity contribution in [2.75, 3.05) is 11.9 Å². The maximum atomic E-state index is 6.34. The van der Waals surface area contributed by atoms with Crippen LogP contribution in [0.15, 0.2) is 155 Å². The number of furan rings is 1. The van der Waals surface area contributed by atoms with Crippen LogP contribution in [0, 0.1) is 0 Å². The van der Waals surface area contributed by atoms with E-state index in [9.17, 15) is 0 Å². The number of fused-ring (bicyclic) bond motifs is 10. The lowest BCUT2D eigenvalue weighted by Gasteiger charge is -2.32. The van der Waals surface area contributed by atoms with Crippen LogP contribution < -0.4 is 16.0 Å². The number of anilines is 1. The highest BCUT2D eigenvalue weighted by Gasteiger charge is 2.30. The largest absolute Gasteiger partial charge is 0.456 e. The predicted octanol–water partition coefficient (Wildman–Crippen LogP) is 9.87. The molecule has 2 atom stereocenters. The Morgan fingerprint density at radius 3 is 2.20 bits per heavy atom. The number of aliphatic imine (C=N–C) groups is 1. The number of para-hydroxylation sites is 3. The summed E-state index contributed by atoms with van der Waals surface area (Å²) in [5, 5.41) is 17.1. The molecular formula is C44H32N6O. The molecule has 0 spiro atoms. The third kappa shape index (κ3) is 4.25. The third-order valence-corrected chi connectivity index (χ3v) is 10.4. The summed E-state index contributed by atoms with van der Waals surface area (Å²) < 4.78 is 11.1. The van der Waals surface area contributed by atoms with E-state index in [0.29, 0.717) is 0 Å². The molecule has 11 rings (SSSR count). The van der Waals surface area contributed by atoms with E-state index in [-0.39, 0.29) is 12.3 Å². The number of nitrogens with one attached hydrogen (secondary N) is 3. The van der Waals surface area contributed by atoms with Crippen molar-refractivity contribution in [3.05, 3.63) is 162 Å². The number of hydrogen-bond acceptors (Lipinski definition) is 5. The summed E-state index contributed by atoms with van der Waals surface area (Å²) in [7, 11) is 0. The first-order valence-electron chi connectivity index (χ1n) is 17.4. The Bertz CT molecular complexity index is 2880. The summed E-state index contributed by atoms with van der Waals surface area (Å²) in [6, 6.07) is 49.1. The third-order valence-electron chi connectivity index (χ3n) is 10.4. The highest BCUT2D eigenvalue weighted by Crippen LogP contribution is 2.43. The molecule has 3 N–H and O–H groups in total. The molecule has 6 aromatic carbocycles. The Labute approximate surface area is 293 Å². The first-order chi connectivity index (χ1) is 25.3. The molecule has 2 unspecified atom stereocenters.